The average molecular weight is 291 g/mol. The molecule has 1 aromatic carbocycles. The second kappa shape index (κ2) is 5.96. The van der Waals surface area contributed by atoms with Crippen molar-refractivity contribution in [3.05, 3.63) is 41.5 Å². The predicted molar refractivity (Wildman–Crippen MR) is 66.1 cm³/mol. The van der Waals surface area contributed by atoms with E-state index in [2.05, 4.69) is 43.3 Å². The molecule has 83 valence electrons. The van der Waals surface area contributed by atoms with Crippen molar-refractivity contribution in [2.24, 2.45) is 0 Å². The second-order valence-corrected chi connectivity index (χ2v) is 6.66. The zero-order valence-electron chi connectivity index (χ0n) is 9.95. The Morgan fingerprint density at radius 3 is 2.88 bits per heavy atom. The SMILES string of the molecule is CCC[CH]([Zr])CCC1C=Cc2ccccc21. The summed E-state index contributed by atoms with van der Waals surface area (Å²) in [7, 11) is 0. The Hall–Kier alpha value is -0.157. The third-order valence-electron chi connectivity index (χ3n) is 3.37. The zero-order valence-corrected chi connectivity index (χ0v) is 12.4. The molecule has 0 amide bonds. The van der Waals surface area contributed by atoms with Crippen LogP contribution in [0.25, 0.3) is 6.08 Å². The molecule has 1 aromatic rings. The molecule has 0 radical (unpaired) electrons. The van der Waals surface area contributed by atoms with Gasteiger partial charge in [0.1, 0.15) is 0 Å². The van der Waals surface area contributed by atoms with E-state index in [0.717, 1.165) is 3.63 Å². The maximum atomic E-state index is 2.39. The molecule has 0 nitrogen and oxygen atoms in total. The third kappa shape index (κ3) is 2.95. The number of benzene rings is 1. The van der Waals surface area contributed by atoms with Crippen LogP contribution in [0.4, 0.5) is 0 Å². The Bertz CT molecular complexity index is 367. The van der Waals surface area contributed by atoms with E-state index in [-0.39, 0.29) is 0 Å². The van der Waals surface area contributed by atoms with Crippen LogP contribution in [0.15, 0.2) is 30.3 Å². The summed E-state index contributed by atoms with van der Waals surface area (Å²) >= 11 is 1.72. The van der Waals surface area contributed by atoms with Gasteiger partial charge in [-0.2, -0.15) is 0 Å². The van der Waals surface area contributed by atoms with Gasteiger partial charge in [0.05, 0.1) is 0 Å². The molecule has 1 heteroatoms. The fourth-order valence-electron chi connectivity index (χ4n) is 2.45. The number of allylic oxidation sites excluding steroid dienone is 1. The summed E-state index contributed by atoms with van der Waals surface area (Å²) in [4.78, 5) is 0. The van der Waals surface area contributed by atoms with Gasteiger partial charge in [0, 0.05) is 0 Å². The normalized spacial score (nSPS) is 19.6. The van der Waals surface area contributed by atoms with E-state index in [0.29, 0.717) is 5.92 Å². The van der Waals surface area contributed by atoms with Crippen molar-refractivity contribution in [1.29, 1.82) is 0 Å². The average Bonchev–Trinajstić information content (AvgIpc) is 2.70. The molecule has 2 atom stereocenters. The van der Waals surface area contributed by atoms with Gasteiger partial charge in [-0.1, -0.05) is 0 Å². The van der Waals surface area contributed by atoms with Crippen molar-refractivity contribution in [3.63, 3.8) is 0 Å². The summed E-state index contributed by atoms with van der Waals surface area (Å²) in [6.45, 7) is 2.29. The molecular formula is C15H19Zr. The van der Waals surface area contributed by atoms with Crippen LogP contribution in [0, 0.1) is 0 Å². The van der Waals surface area contributed by atoms with E-state index >= 15 is 0 Å². The van der Waals surface area contributed by atoms with E-state index in [9.17, 15) is 0 Å². The minimum absolute atomic E-state index is 0.691. The van der Waals surface area contributed by atoms with Crippen LogP contribution < -0.4 is 0 Å². The van der Waals surface area contributed by atoms with Crippen LogP contribution in [0.3, 0.4) is 0 Å². The van der Waals surface area contributed by atoms with E-state index in [1.54, 1.807) is 30.3 Å². The van der Waals surface area contributed by atoms with Crippen LogP contribution in [0.1, 0.15) is 49.7 Å². The van der Waals surface area contributed by atoms with Crippen LogP contribution in [-0.4, -0.2) is 0 Å². The summed E-state index contributed by atoms with van der Waals surface area (Å²) in [6.07, 6.45) is 10.2. The molecule has 0 spiro atoms. The van der Waals surface area contributed by atoms with Crippen molar-refractivity contribution in [1.82, 2.24) is 0 Å². The molecule has 1 aliphatic carbocycles. The standard InChI is InChI=1S/C15H19.Zr/c1-2-3-4-5-8-13-11-12-14-9-6-7-10-15(13)14;/h4,6-7,9-13H,2-3,5,8H2,1H3;. The number of hydrogen-bond donors (Lipinski definition) is 0. The fourth-order valence-corrected chi connectivity index (χ4v) is 3.57. The van der Waals surface area contributed by atoms with Gasteiger partial charge in [-0.05, 0) is 0 Å². The Morgan fingerprint density at radius 2 is 2.06 bits per heavy atom. The number of fused-ring (bicyclic) bond motifs is 1. The minimum atomic E-state index is 0.691. The second-order valence-electron chi connectivity index (χ2n) is 4.66. The number of rotatable bonds is 5. The van der Waals surface area contributed by atoms with Gasteiger partial charge in [0.25, 0.3) is 0 Å². The Morgan fingerprint density at radius 1 is 1.25 bits per heavy atom. The van der Waals surface area contributed by atoms with Gasteiger partial charge in [0.2, 0.25) is 0 Å². The van der Waals surface area contributed by atoms with Crippen molar-refractivity contribution in [2.75, 3.05) is 0 Å². The van der Waals surface area contributed by atoms with Gasteiger partial charge < -0.3 is 0 Å². The summed E-state index contributed by atoms with van der Waals surface area (Å²) in [6, 6.07) is 8.82. The first-order valence-electron chi connectivity index (χ1n) is 6.29. The van der Waals surface area contributed by atoms with Gasteiger partial charge in [-0.3, -0.25) is 0 Å². The quantitative estimate of drug-likeness (QED) is 0.736. The molecule has 0 bridgehead atoms. The van der Waals surface area contributed by atoms with E-state index in [1.165, 1.54) is 31.2 Å². The van der Waals surface area contributed by atoms with Gasteiger partial charge in [-0.15, -0.1) is 0 Å². The summed E-state index contributed by atoms with van der Waals surface area (Å²) in [5.74, 6) is 0.691. The van der Waals surface area contributed by atoms with E-state index < -0.39 is 0 Å². The summed E-state index contributed by atoms with van der Waals surface area (Å²) in [5.41, 5.74) is 2.98. The third-order valence-corrected chi connectivity index (χ3v) is 4.79. The Balaban J connectivity index is 1.91. The van der Waals surface area contributed by atoms with Gasteiger partial charge in [-0.25, -0.2) is 0 Å². The fraction of sp³-hybridized carbons (Fsp3) is 0.467. The zero-order chi connectivity index (χ0) is 11.4. The summed E-state index contributed by atoms with van der Waals surface area (Å²) < 4.78 is 0.971. The van der Waals surface area contributed by atoms with Crippen LogP contribution >= 0.6 is 0 Å². The van der Waals surface area contributed by atoms with Crippen LogP contribution in [0.2, 0.25) is 3.63 Å². The molecule has 2 rings (SSSR count). The summed E-state index contributed by atoms with van der Waals surface area (Å²) in [5, 5.41) is 0. The maximum absolute atomic E-state index is 2.39. The van der Waals surface area contributed by atoms with Gasteiger partial charge in [0.15, 0.2) is 0 Å². The molecule has 0 saturated carbocycles. The topological polar surface area (TPSA) is 0 Å². The Labute approximate surface area is 114 Å². The molecule has 2 unspecified atom stereocenters. The molecule has 0 N–H and O–H groups in total. The predicted octanol–water partition coefficient (Wildman–Crippen LogP) is 4.71. The Kier molecular flexibility index (Phi) is 4.58. The molecule has 0 heterocycles. The monoisotopic (exact) mass is 289 g/mol. The van der Waals surface area contributed by atoms with Crippen molar-refractivity contribution >= 4 is 6.08 Å². The van der Waals surface area contributed by atoms with Crippen LogP contribution in [-0.2, 0) is 24.7 Å². The van der Waals surface area contributed by atoms with Crippen LogP contribution in [0.5, 0.6) is 0 Å². The number of hydrogen-bond acceptors (Lipinski definition) is 0. The molecular weight excluding hydrogens is 271 g/mol. The van der Waals surface area contributed by atoms with Crippen molar-refractivity contribution in [3.8, 4) is 0 Å². The first-order chi connectivity index (χ1) is 7.81. The van der Waals surface area contributed by atoms with E-state index in [1.807, 2.05) is 0 Å². The van der Waals surface area contributed by atoms with Gasteiger partial charge >= 0.3 is 114 Å². The molecule has 0 aromatic heterocycles. The van der Waals surface area contributed by atoms with Crippen molar-refractivity contribution < 1.29 is 24.7 Å². The molecule has 1 aliphatic rings. The molecule has 0 fully saturated rings. The van der Waals surface area contributed by atoms with Crippen molar-refractivity contribution in [2.45, 2.75) is 42.2 Å². The molecule has 0 aliphatic heterocycles. The first kappa shape index (κ1) is 12.3. The molecule has 0 saturated heterocycles. The first-order valence-corrected chi connectivity index (χ1v) is 7.71. The van der Waals surface area contributed by atoms with E-state index in [4.69, 9.17) is 0 Å². The molecule has 16 heavy (non-hydrogen) atoms.